The first kappa shape index (κ1) is 12.0. The number of aryl methyl sites for hydroxylation is 2. The van der Waals surface area contributed by atoms with E-state index in [1.165, 1.54) is 0 Å². The molecule has 92 valence electrons. The van der Waals surface area contributed by atoms with E-state index < -0.39 is 0 Å². The van der Waals surface area contributed by atoms with Crippen LogP contribution in [0, 0.1) is 13.8 Å². The first-order chi connectivity index (χ1) is 8.20. The van der Waals surface area contributed by atoms with Gasteiger partial charge in [-0.2, -0.15) is 0 Å². The van der Waals surface area contributed by atoms with Crippen LogP contribution in [0.4, 0.5) is 0 Å². The molecule has 0 bridgehead atoms. The Hall–Kier alpha value is -1.48. The number of nitrogens with one attached hydrogen (secondary N) is 1. The van der Waals surface area contributed by atoms with Crippen LogP contribution in [0.15, 0.2) is 33.3 Å². The molecule has 0 spiro atoms. The van der Waals surface area contributed by atoms with Crippen molar-refractivity contribution in [2.75, 3.05) is 6.54 Å². The highest BCUT2D eigenvalue weighted by Crippen LogP contribution is 2.25. The number of rotatable bonds is 5. The minimum atomic E-state index is 0.0844. The Morgan fingerprint density at radius 3 is 2.59 bits per heavy atom. The predicted octanol–water partition coefficient (Wildman–Crippen LogP) is 3.58. The second-order valence-corrected chi connectivity index (χ2v) is 4.33. The molecule has 0 fully saturated rings. The zero-order valence-corrected chi connectivity index (χ0v) is 10.6. The second-order valence-electron chi connectivity index (χ2n) is 4.33. The Morgan fingerprint density at radius 2 is 2.06 bits per heavy atom. The molecule has 0 amide bonds. The summed E-state index contributed by atoms with van der Waals surface area (Å²) in [6, 6.07) is 6.14. The lowest BCUT2D eigenvalue weighted by Gasteiger charge is -2.14. The average Bonchev–Trinajstić information content (AvgIpc) is 2.89. The maximum atomic E-state index is 5.70. The van der Waals surface area contributed by atoms with Gasteiger partial charge in [0.15, 0.2) is 0 Å². The smallest absolute Gasteiger partial charge is 0.125 e. The zero-order valence-electron chi connectivity index (χ0n) is 10.6. The SMILES string of the molecule is CCCNC(c1coc(C)c1)c1ccc(C)o1. The minimum Gasteiger partial charge on any atom is -0.469 e. The maximum Gasteiger partial charge on any atom is 0.125 e. The van der Waals surface area contributed by atoms with Gasteiger partial charge >= 0.3 is 0 Å². The number of hydrogen-bond acceptors (Lipinski definition) is 3. The van der Waals surface area contributed by atoms with Crippen molar-refractivity contribution in [1.82, 2.24) is 5.32 Å². The largest absolute Gasteiger partial charge is 0.469 e. The van der Waals surface area contributed by atoms with Gasteiger partial charge < -0.3 is 14.2 Å². The Labute approximate surface area is 102 Å². The van der Waals surface area contributed by atoms with E-state index in [1.807, 2.05) is 32.0 Å². The van der Waals surface area contributed by atoms with E-state index >= 15 is 0 Å². The van der Waals surface area contributed by atoms with Gasteiger partial charge in [-0.25, -0.2) is 0 Å². The van der Waals surface area contributed by atoms with Gasteiger partial charge in [0.05, 0.1) is 12.3 Å². The van der Waals surface area contributed by atoms with Crippen LogP contribution in [-0.2, 0) is 0 Å². The van der Waals surface area contributed by atoms with Gasteiger partial charge in [0, 0.05) is 5.56 Å². The molecule has 2 aromatic rings. The quantitative estimate of drug-likeness (QED) is 0.857. The van der Waals surface area contributed by atoms with E-state index in [1.54, 1.807) is 6.26 Å². The van der Waals surface area contributed by atoms with E-state index in [-0.39, 0.29) is 6.04 Å². The molecule has 2 aromatic heterocycles. The molecule has 0 aliphatic rings. The summed E-state index contributed by atoms with van der Waals surface area (Å²) in [6.07, 6.45) is 2.88. The molecule has 0 aromatic carbocycles. The fourth-order valence-electron chi connectivity index (χ4n) is 1.90. The Bertz CT molecular complexity index is 430. The van der Waals surface area contributed by atoms with Crippen LogP contribution in [0.3, 0.4) is 0 Å². The lowest BCUT2D eigenvalue weighted by Crippen LogP contribution is -2.22. The van der Waals surface area contributed by atoms with Crippen LogP contribution in [-0.4, -0.2) is 6.54 Å². The molecule has 0 radical (unpaired) electrons. The highest BCUT2D eigenvalue weighted by molar-refractivity contribution is 5.25. The molecule has 1 unspecified atom stereocenters. The molecule has 1 N–H and O–H groups in total. The van der Waals surface area contributed by atoms with E-state index in [2.05, 4.69) is 12.2 Å². The molecule has 2 heterocycles. The van der Waals surface area contributed by atoms with Crippen molar-refractivity contribution >= 4 is 0 Å². The Morgan fingerprint density at radius 1 is 1.24 bits per heavy atom. The minimum absolute atomic E-state index is 0.0844. The van der Waals surface area contributed by atoms with Crippen LogP contribution >= 0.6 is 0 Å². The summed E-state index contributed by atoms with van der Waals surface area (Å²) in [6.45, 7) is 7.02. The van der Waals surface area contributed by atoms with E-state index in [0.717, 1.165) is 35.8 Å². The summed E-state index contributed by atoms with van der Waals surface area (Å²) >= 11 is 0. The summed E-state index contributed by atoms with van der Waals surface area (Å²) in [5, 5.41) is 3.47. The summed E-state index contributed by atoms with van der Waals surface area (Å²) in [7, 11) is 0. The van der Waals surface area contributed by atoms with Gasteiger partial charge in [0.2, 0.25) is 0 Å². The third-order valence-electron chi connectivity index (χ3n) is 2.73. The van der Waals surface area contributed by atoms with Crippen molar-refractivity contribution in [3.8, 4) is 0 Å². The molecule has 0 saturated carbocycles. The fourth-order valence-corrected chi connectivity index (χ4v) is 1.90. The van der Waals surface area contributed by atoms with Crippen molar-refractivity contribution in [2.45, 2.75) is 33.2 Å². The topological polar surface area (TPSA) is 38.3 Å². The van der Waals surface area contributed by atoms with Crippen molar-refractivity contribution in [3.05, 3.63) is 47.3 Å². The van der Waals surface area contributed by atoms with Gasteiger partial charge in [-0.3, -0.25) is 0 Å². The van der Waals surface area contributed by atoms with Crippen LogP contribution in [0.5, 0.6) is 0 Å². The van der Waals surface area contributed by atoms with Crippen molar-refractivity contribution < 1.29 is 8.83 Å². The zero-order chi connectivity index (χ0) is 12.3. The molecule has 3 heteroatoms. The van der Waals surface area contributed by atoms with Crippen LogP contribution in [0.25, 0.3) is 0 Å². The maximum absolute atomic E-state index is 5.70. The standard InChI is InChI=1S/C14H19NO2/c1-4-7-15-14(12-8-11(3)16-9-12)13-6-5-10(2)17-13/h5-6,8-9,14-15H,4,7H2,1-3H3. The van der Waals surface area contributed by atoms with Gasteiger partial charge in [-0.15, -0.1) is 0 Å². The van der Waals surface area contributed by atoms with E-state index in [0.29, 0.717) is 0 Å². The highest BCUT2D eigenvalue weighted by atomic mass is 16.3. The highest BCUT2D eigenvalue weighted by Gasteiger charge is 2.18. The average molecular weight is 233 g/mol. The van der Waals surface area contributed by atoms with Crippen LogP contribution in [0.2, 0.25) is 0 Å². The molecule has 3 nitrogen and oxygen atoms in total. The van der Waals surface area contributed by atoms with Crippen LogP contribution < -0.4 is 5.32 Å². The number of furan rings is 2. The van der Waals surface area contributed by atoms with Crippen molar-refractivity contribution in [1.29, 1.82) is 0 Å². The molecule has 2 rings (SSSR count). The fraction of sp³-hybridized carbons (Fsp3) is 0.429. The first-order valence-corrected chi connectivity index (χ1v) is 6.05. The van der Waals surface area contributed by atoms with Crippen LogP contribution in [0.1, 0.15) is 42.2 Å². The summed E-state index contributed by atoms with van der Waals surface area (Å²) in [5.41, 5.74) is 1.12. The van der Waals surface area contributed by atoms with Crippen molar-refractivity contribution in [2.24, 2.45) is 0 Å². The van der Waals surface area contributed by atoms with Gasteiger partial charge in [0.25, 0.3) is 0 Å². The molecule has 0 saturated heterocycles. The summed E-state index contributed by atoms with van der Waals surface area (Å²) in [5.74, 6) is 2.80. The molecular formula is C14H19NO2. The summed E-state index contributed by atoms with van der Waals surface area (Å²) in [4.78, 5) is 0. The molecular weight excluding hydrogens is 214 g/mol. The van der Waals surface area contributed by atoms with Crippen molar-refractivity contribution in [3.63, 3.8) is 0 Å². The van der Waals surface area contributed by atoms with E-state index in [9.17, 15) is 0 Å². The molecule has 1 atom stereocenters. The van der Waals surface area contributed by atoms with Gasteiger partial charge in [-0.05, 0) is 45.0 Å². The molecule has 0 aliphatic carbocycles. The first-order valence-electron chi connectivity index (χ1n) is 6.05. The van der Waals surface area contributed by atoms with E-state index in [4.69, 9.17) is 8.83 Å². The van der Waals surface area contributed by atoms with Gasteiger partial charge in [-0.1, -0.05) is 6.92 Å². The second kappa shape index (κ2) is 5.23. The van der Waals surface area contributed by atoms with Gasteiger partial charge in [0.1, 0.15) is 17.3 Å². The predicted molar refractivity (Wildman–Crippen MR) is 67.0 cm³/mol. The lowest BCUT2D eigenvalue weighted by molar-refractivity contribution is 0.427. The normalized spacial score (nSPS) is 12.9. The monoisotopic (exact) mass is 233 g/mol. The third kappa shape index (κ3) is 2.80. The Balaban J connectivity index is 2.24. The third-order valence-corrected chi connectivity index (χ3v) is 2.73. The lowest BCUT2D eigenvalue weighted by atomic mass is 10.1. The molecule has 17 heavy (non-hydrogen) atoms. The number of hydrogen-bond donors (Lipinski definition) is 1. The molecule has 0 aliphatic heterocycles. The summed E-state index contributed by atoms with van der Waals surface area (Å²) < 4.78 is 11.1. The Kier molecular flexibility index (Phi) is 3.69.